The van der Waals surface area contributed by atoms with Gasteiger partial charge in [-0.1, -0.05) is 44.9 Å². The van der Waals surface area contributed by atoms with Crippen molar-refractivity contribution in [1.82, 2.24) is 0 Å². The van der Waals surface area contributed by atoms with Gasteiger partial charge in [0.05, 0.1) is 50.5 Å². The standard InChI is InChI=1S/C61H96O34S2/c1-25(2)11-10-16-60(8)50-30(85-26(3)64)19-59(7)28-12-13-35-57(4,5)36(15-17-58(35,6)27(28)14-18-61(50,59)56(74)94-60)89-54-48(40(69)34(23-83-54)95-97(78,79)80)93-55-49(92-51-41(70)37(66)29(65)22-82-51)42(71)45(32(21-63)87-55)90-53-44(73)47(39(68)33(88-53)24-84-96(75,76)77)91-52-43(72)46(81-9)38(67)31(20-62)86-52/h12,27,29-55,62-63,65-73H,1,10-11,13-24H2,2-9H3,(H,75,76,77)(H,78,79,80)/t27?,29-,30?,31-,32-,33-,34-,35?,36?,37+,38-,39-,40+,41-,42+,43-,44-,45-,46+,47+,48-,49-,50?,51+,52+,53+,54+,55+,58-,59+,60?,61?/m1/s1. The molecule has 4 aliphatic carbocycles. The second-order valence-corrected chi connectivity index (χ2v) is 31.1. The largest absolute Gasteiger partial charge is 0.462 e. The first-order chi connectivity index (χ1) is 45.3. The number of carbonyl (C=O) groups is 2. The summed E-state index contributed by atoms with van der Waals surface area (Å²) in [6, 6.07) is 0. The molecule has 10 aliphatic rings. The quantitative estimate of drug-likeness (QED) is 0.0280. The molecule has 0 aromatic carbocycles. The summed E-state index contributed by atoms with van der Waals surface area (Å²) in [6.07, 6.45) is -40.1. The van der Waals surface area contributed by atoms with Crippen molar-refractivity contribution in [3.05, 3.63) is 23.8 Å². The fraction of sp³-hybridized carbons (Fsp3) is 0.902. The van der Waals surface area contributed by atoms with Crippen LogP contribution < -0.4 is 0 Å². The highest BCUT2D eigenvalue weighted by molar-refractivity contribution is 7.81. The number of allylic oxidation sites excluding steroid dienone is 3. The lowest BCUT2D eigenvalue weighted by Crippen LogP contribution is -2.68. The van der Waals surface area contributed by atoms with Crippen molar-refractivity contribution in [3.8, 4) is 0 Å². The summed E-state index contributed by atoms with van der Waals surface area (Å²) in [5, 5.41) is 123. The second kappa shape index (κ2) is 29.1. The van der Waals surface area contributed by atoms with Gasteiger partial charge in [-0.25, -0.2) is 8.37 Å². The SMILES string of the molecule is C=C(C)CCCC1(C)OC(=O)C23CCC4C(=CCC5C(C)(C)C(O[C@@H]6OC[C@@H](OS(=O)(=O)O)[C@H](O)[C@H]6O[C@@H]6O[C@H](CO)[C@@H](O[C@@H]7O[C@H](COS(=O)(=O)O)[C@@H](O)[C@H](O[C@@H]8O[C@H](CO)[C@@H](O)[C@H](OC)[C@H]8O)[C@H]7O)[C@H](O)[C@H]6O[C@@H]6OC[C@@H](O)[C@H](O)[C@H]6O)CC[C@]45C)[C@]2(C)CC(OC(C)=O)C13. The van der Waals surface area contributed by atoms with Crippen molar-refractivity contribution in [2.24, 2.45) is 39.4 Å². The number of aliphatic hydroxyl groups is 11. The molecule has 13 N–H and O–H groups in total. The molecular formula is C61H96O34S2. The minimum Gasteiger partial charge on any atom is -0.462 e. The molecule has 0 aromatic rings. The van der Waals surface area contributed by atoms with E-state index >= 15 is 0 Å². The fourth-order valence-electron chi connectivity index (χ4n) is 18.0. The van der Waals surface area contributed by atoms with Crippen molar-refractivity contribution in [3.63, 3.8) is 0 Å². The fourth-order valence-corrected chi connectivity index (χ4v) is 18.8. The normalized spacial score (nSPS) is 48.3. The van der Waals surface area contributed by atoms with Crippen LogP contribution in [0, 0.1) is 39.4 Å². The first kappa shape index (κ1) is 76.9. The molecule has 7 unspecified atom stereocenters. The van der Waals surface area contributed by atoms with Crippen molar-refractivity contribution in [1.29, 1.82) is 0 Å². The maximum atomic E-state index is 14.8. The zero-order chi connectivity index (χ0) is 71.2. The summed E-state index contributed by atoms with van der Waals surface area (Å²) < 4.78 is 155. The van der Waals surface area contributed by atoms with Crippen molar-refractivity contribution in [2.75, 3.05) is 40.1 Å². The van der Waals surface area contributed by atoms with Crippen LogP contribution in [0.15, 0.2) is 23.8 Å². The predicted octanol–water partition coefficient (Wildman–Crippen LogP) is -2.76. The third-order valence-corrected chi connectivity index (χ3v) is 23.5. The Labute approximate surface area is 561 Å². The van der Waals surface area contributed by atoms with E-state index < -0.39 is 247 Å². The summed E-state index contributed by atoms with van der Waals surface area (Å²) in [6.45, 7) is 12.9. The van der Waals surface area contributed by atoms with Gasteiger partial charge in [0.25, 0.3) is 0 Å². The molecule has 0 radical (unpaired) electrons. The number of fused-ring (bicyclic) bond motifs is 4. The molecule has 1 spiro atoms. The van der Waals surface area contributed by atoms with E-state index in [9.17, 15) is 91.7 Å². The molecule has 6 saturated heterocycles. The van der Waals surface area contributed by atoms with Gasteiger partial charge in [-0.3, -0.25) is 18.7 Å². The van der Waals surface area contributed by atoms with E-state index in [1.54, 1.807) is 0 Å². The Morgan fingerprint density at radius 2 is 1.25 bits per heavy atom. The number of aliphatic hydroxyl groups excluding tert-OH is 11. The van der Waals surface area contributed by atoms with Crippen LogP contribution in [-0.4, -0.2) is 293 Å². The summed E-state index contributed by atoms with van der Waals surface area (Å²) >= 11 is 0. The van der Waals surface area contributed by atoms with E-state index in [1.165, 1.54) is 6.92 Å². The monoisotopic (exact) mass is 1440 g/mol. The van der Waals surface area contributed by atoms with E-state index in [2.05, 4.69) is 30.7 Å². The van der Waals surface area contributed by atoms with Crippen LogP contribution in [0.5, 0.6) is 0 Å². The zero-order valence-corrected chi connectivity index (χ0v) is 56.7. The molecule has 3 saturated carbocycles. The van der Waals surface area contributed by atoms with Crippen LogP contribution in [0.2, 0.25) is 0 Å². The van der Waals surface area contributed by atoms with Gasteiger partial charge in [0.15, 0.2) is 31.5 Å². The van der Waals surface area contributed by atoms with Gasteiger partial charge in [-0.2, -0.15) is 16.8 Å². The third kappa shape index (κ3) is 14.5. The maximum Gasteiger partial charge on any atom is 0.397 e. The number of methoxy groups -OCH3 is 1. The zero-order valence-electron chi connectivity index (χ0n) is 55.1. The highest BCUT2D eigenvalue weighted by atomic mass is 32.3. The molecule has 0 aromatic heterocycles. The Morgan fingerprint density at radius 3 is 1.88 bits per heavy atom. The van der Waals surface area contributed by atoms with Crippen molar-refractivity contribution < 1.29 is 162 Å². The highest BCUT2D eigenvalue weighted by Crippen LogP contribution is 2.77. The number of hydrogen-bond acceptors (Lipinski definition) is 32. The van der Waals surface area contributed by atoms with Gasteiger partial charge in [0, 0.05) is 19.4 Å². The Balaban J connectivity index is 0.938. The van der Waals surface area contributed by atoms with E-state index in [-0.39, 0.29) is 17.8 Å². The van der Waals surface area contributed by atoms with Crippen molar-refractivity contribution in [2.45, 2.75) is 265 Å². The molecule has 0 amide bonds. The van der Waals surface area contributed by atoms with E-state index in [1.807, 2.05) is 27.7 Å². The summed E-state index contributed by atoms with van der Waals surface area (Å²) in [5.41, 5.74) is -1.83. The summed E-state index contributed by atoms with van der Waals surface area (Å²) in [4.78, 5) is 27.7. The predicted molar refractivity (Wildman–Crippen MR) is 320 cm³/mol. The van der Waals surface area contributed by atoms with E-state index in [0.29, 0.717) is 51.4 Å². The smallest absolute Gasteiger partial charge is 0.397 e. The molecule has 32 atom stereocenters. The van der Waals surface area contributed by atoms with E-state index in [0.717, 1.165) is 24.7 Å². The van der Waals surface area contributed by atoms with Crippen LogP contribution in [0.3, 0.4) is 0 Å². The van der Waals surface area contributed by atoms with Crippen LogP contribution in [0.25, 0.3) is 0 Å². The number of hydrogen-bond donors (Lipinski definition) is 13. The second-order valence-electron chi connectivity index (χ2n) is 28.9. The van der Waals surface area contributed by atoms with Gasteiger partial charge >= 0.3 is 32.7 Å². The average Bonchev–Trinajstić information content (AvgIpc) is 1.53. The summed E-state index contributed by atoms with van der Waals surface area (Å²) in [7, 11) is -9.57. The van der Waals surface area contributed by atoms with Gasteiger partial charge in [-0.15, -0.1) is 6.58 Å². The van der Waals surface area contributed by atoms with Crippen LogP contribution in [-0.2, 0) is 100 Å². The molecule has 0 bridgehead atoms. The number of rotatable bonds is 23. The molecule has 9 fully saturated rings. The molecule has 6 aliphatic heterocycles. The third-order valence-electron chi connectivity index (χ3n) is 22.6. The van der Waals surface area contributed by atoms with Crippen LogP contribution in [0.4, 0.5) is 0 Å². The minimum atomic E-state index is -5.36. The Kier molecular flexibility index (Phi) is 23.1. The van der Waals surface area contributed by atoms with Crippen LogP contribution >= 0.6 is 0 Å². The topological polar surface area (TPSA) is 504 Å². The number of carbonyl (C=O) groups excluding carboxylic acids is 2. The van der Waals surface area contributed by atoms with E-state index in [4.69, 9.17) is 65.8 Å². The Morgan fingerprint density at radius 1 is 0.649 bits per heavy atom. The highest BCUT2D eigenvalue weighted by Gasteiger charge is 2.79. The summed E-state index contributed by atoms with van der Waals surface area (Å²) in [5.74, 6) is -1.41. The number of cyclic esters (lactones) is 1. The number of ether oxygens (including phenoxy) is 13. The molecule has 34 nitrogen and oxygen atoms in total. The molecule has 36 heteroatoms. The average molecular weight is 1440 g/mol. The lowest BCUT2D eigenvalue weighted by Gasteiger charge is -2.64. The number of esters is 2. The molecule has 6 heterocycles. The molecule has 97 heavy (non-hydrogen) atoms. The lowest BCUT2D eigenvalue weighted by atomic mass is 9.41. The van der Waals surface area contributed by atoms with Gasteiger partial charge < -0.3 is 118 Å². The maximum absolute atomic E-state index is 14.8. The van der Waals surface area contributed by atoms with Gasteiger partial charge in [0.1, 0.15) is 122 Å². The Bertz CT molecular complexity index is 3070. The van der Waals surface area contributed by atoms with Gasteiger partial charge in [0.2, 0.25) is 0 Å². The molecule has 10 rings (SSSR count). The lowest BCUT2D eigenvalue weighted by molar-refractivity contribution is -0.405. The Hall–Kier alpha value is -2.72. The van der Waals surface area contributed by atoms with Crippen molar-refractivity contribution >= 4 is 32.7 Å². The van der Waals surface area contributed by atoms with Gasteiger partial charge in [-0.05, 0) is 94.3 Å². The molecular weight excluding hydrogens is 1340 g/mol. The first-order valence-electron chi connectivity index (χ1n) is 32.7. The molecule has 556 valence electrons. The first-order valence-corrected chi connectivity index (χ1v) is 35.4. The van der Waals surface area contributed by atoms with Crippen LogP contribution in [0.1, 0.15) is 106 Å². The minimum absolute atomic E-state index is 0.0697.